The van der Waals surface area contributed by atoms with Gasteiger partial charge in [0.05, 0.1) is 21.1 Å². The second-order valence-corrected chi connectivity index (χ2v) is 13.3. The van der Waals surface area contributed by atoms with Gasteiger partial charge < -0.3 is 19.4 Å². The molecule has 3 N–H and O–H groups in total. The van der Waals surface area contributed by atoms with Crippen LogP contribution in [0.5, 0.6) is 0 Å². The molecule has 0 fully saturated rings. The van der Waals surface area contributed by atoms with E-state index in [4.69, 9.17) is 0 Å². The van der Waals surface area contributed by atoms with Crippen molar-refractivity contribution in [3.8, 4) is 0 Å². The summed E-state index contributed by atoms with van der Waals surface area (Å²) in [7, 11) is 0.922. The Balaban J connectivity index is 3.59. The quantitative estimate of drug-likeness (QED) is 0.0524. The van der Waals surface area contributed by atoms with Crippen LogP contribution in [-0.4, -0.2) is 52.4 Å². The number of nitrogens with zero attached hydrogens (tertiary/aromatic N) is 1. The lowest BCUT2D eigenvalue weighted by Crippen LogP contribution is -2.49. The average molecular weight is 517 g/mol. The summed E-state index contributed by atoms with van der Waals surface area (Å²) in [4.78, 5) is 19.2. The van der Waals surface area contributed by atoms with Gasteiger partial charge in [0, 0.05) is 0 Å². The Hall–Kier alpha value is -0.450. The maximum Gasteiger partial charge on any atom is 0.362 e. The molecule has 35 heavy (non-hydrogen) atoms. The Labute approximate surface area is 217 Å². The number of aliphatic hydroxyl groups is 1. The van der Waals surface area contributed by atoms with Gasteiger partial charge in [-0.1, -0.05) is 95.4 Å². The monoisotopic (exact) mass is 516 g/mol. The third-order valence-electron chi connectivity index (χ3n) is 6.52. The number of rotatable bonds is 24. The number of quaternary nitrogens is 1. The van der Waals surface area contributed by atoms with E-state index in [2.05, 4.69) is 31.2 Å². The number of unbranched alkanes of at least 4 members (excludes halogenated alkanes) is 15. The van der Waals surface area contributed by atoms with Gasteiger partial charge in [0.2, 0.25) is 5.34 Å². The third-order valence-corrected chi connectivity index (χ3v) is 7.97. The molecular formula is C29H59NO4P+. The topological polar surface area (TPSA) is 77.8 Å². The number of allylic oxidation sites excluding steroid dienone is 4. The second-order valence-electron chi connectivity index (χ2n) is 11.4. The summed E-state index contributed by atoms with van der Waals surface area (Å²) in [6.45, 7) is 2.31. The lowest BCUT2D eigenvalue weighted by molar-refractivity contribution is -0.875. The van der Waals surface area contributed by atoms with Gasteiger partial charge in [-0.05, 0) is 57.8 Å². The molecule has 0 saturated carbocycles. The van der Waals surface area contributed by atoms with E-state index in [1.807, 2.05) is 21.1 Å². The van der Waals surface area contributed by atoms with Gasteiger partial charge in [0.15, 0.2) is 0 Å². The first-order valence-corrected chi connectivity index (χ1v) is 16.0. The molecule has 0 amide bonds. The van der Waals surface area contributed by atoms with Crippen molar-refractivity contribution < 1.29 is 23.9 Å². The first-order valence-electron chi connectivity index (χ1n) is 14.4. The standard InChI is InChI=1S/C29H58NO4P/c1-5-6-7-8-9-10-11-12-13-14-15-16-17-18-19-20-21-22-23-24-25-26-27-29(31,35(32,33)34)28-30(2,3)4/h11-12,23-24,31H,5-10,13-22,25-28H2,1-4H3,(H-,32,33,34)/p+1/b12-11-,24-23-. The number of hydrogen-bond acceptors (Lipinski definition) is 2. The molecule has 0 bridgehead atoms. The van der Waals surface area contributed by atoms with Gasteiger partial charge in [-0.25, -0.2) is 0 Å². The highest BCUT2D eigenvalue weighted by Gasteiger charge is 2.48. The van der Waals surface area contributed by atoms with E-state index in [-0.39, 0.29) is 13.0 Å². The molecule has 0 aromatic rings. The molecule has 1 unspecified atom stereocenters. The van der Waals surface area contributed by atoms with Gasteiger partial charge >= 0.3 is 7.60 Å². The van der Waals surface area contributed by atoms with Crippen molar-refractivity contribution in [3.05, 3.63) is 24.3 Å². The van der Waals surface area contributed by atoms with Crippen molar-refractivity contribution in [2.24, 2.45) is 0 Å². The lowest BCUT2D eigenvalue weighted by Gasteiger charge is -2.35. The molecule has 0 radical (unpaired) electrons. The summed E-state index contributed by atoms with van der Waals surface area (Å²) in [5, 5.41) is 8.60. The maximum absolute atomic E-state index is 11.8. The highest BCUT2D eigenvalue weighted by Crippen LogP contribution is 2.52. The molecule has 0 rings (SSSR count). The van der Waals surface area contributed by atoms with Crippen molar-refractivity contribution in [1.82, 2.24) is 0 Å². The highest BCUT2D eigenvalue weighted by atomic mass is 31.2. The van der Waals surface area contributed by atoms with Crippen molar-refractivity contribution in [2.45, 2.75) is 134 Å². The summed E-state index contributed by atoms with van der Waals surface area (Å²) < 4.78 is 12.1. The van der Waals surface area contributed by atoms with E-state index in [1.54, 1.807) is 0 Å². The molecule has 0 spiro atoms. The molecule has 1 atom stereocenters. The molecular weight excluding hydrogens is 457 g/mol. The second kappa shape index (κ2) is 20.6. The Morgan fingerprint density at radius 2 is 0.971 bits per heavy atom. The molecule has 0 saturated heterocycles. The minimum absolute atomic E-state index is 0.0390. The van der Waals surface area contributed by atoms with Crippen molar-refractivity contribution >= 4 is 7.60 Å². The molecule has 6 heteroatoms. The van der Waals surface area contributed by atoms with Crippen LogP contribution in [-0.2, 0) is 4.57 Å². The molecule has 0 aliphatic heterocycles. The molecule has 0 aliphatic rings. The van der Waals surface area contributed by atoms with Crippen LogP contribution in [0.4, 0.5) is 0 Å². The third kappa shape index (κ3) is 21.4. The smallest absolute Gasteiger partial charge is 0.362 e. The van der Waals surface area contributed by atoms with Crippen LogP contribution in [0.1, 0.15) is 129 Å². The minimum Gasteiger partial charge on any atom is -0.373 e. The van der Waals surface area contributed by atoms with Gasteiger partial charge in [-0.15, -0.1) is 0 Å². The zero-order valence-electron chi connectivity index (χ0n) is 23.6. The summed E-state index contributed by atoms with van der Waals surface area (Å²) in [6, 6.07) is 0. The zero-order chi connectivity index (χ0) is 26.5. The molecule has 0 heterocycles. The first kappa shape index (κ1) is 34.6. The largest absolute Gasteiger partial charge is 0.373 e. The van der Waals surface area contributed by atoms with Crippen molar-refractivity contribution in [2.75, 3.05) is 27.7 Å². The summed E-state index contributed by atoms with van der Waals surface area (Å²) in [5.41, 5.74) is 0. The van der Waals surface area contributed by atoms with Crippen LogP contribution in [0.3, 0.4) is 0 Å². The summed E-state index contributed by atoms with van der Waals surface area (Å²) in [5.74, 6) is 0. The maximum atomic E-state index is 11.8. The van der Waals surface area contributed by atoms with Gasteiger partial charge in [0.1, 0.15) is 6.54 Å². The van der Waals surface area contributed by atoms with Gasteiger partial charge in [-0.3, -0.25) is 4.57 Å². The molecule has 0 aliphatic carbocycles. The molecule has 0 aromatic heterocycles. The fourth-order valence-corrected chi connectivity index (χ4v) is 5.56. The number of likely N-dealkylation sites (N-methyl/N-ethyl adjacent to an activating group) is 1. The predicted octanol–water partition coefficient (Wildman–Crippen LogP) is 8.10. The van der Waals surface area contributed by atoms with Crippen LogP contribution in [0, 0.1) is 0 Å². The van der Waals surface area contributed by atoms with Crippen LogP contribution in [0.2, 0.25) is 0 Å². The van der Waals surface area contributed by atoms with Crippen LogP contribution >= 0.6 is 7.60 Å². The summed E-state index contributed by atoms with van der Waals surface area (Å²) in [6.07, 6.45) is 31.4. The van der Waals surface area contributed by atoms with E-state index in [0.717, 1.165) is 12.8 Å². The Morgan fingerprint density at radius 1 is 0.629 bits per heavy atom. The minimum atomic E-state index is -4.57. The van der Waals surface area contributed by atoms with Crippen molar-refractivity contribution in [1.29, 1.82) is 0 Å². The fraction of sp³-hybridized carbons (Fsp3) is 0.862. The molecule has 208 valence electrons. The fourth-order valence-electron chi connectivity index (χ4n) is 4.50. The summed E-state index contributed by atoms with van der Waals surface area (Å²) >= 11 is 0. The SMILES string of the molecule is CCCCCCC/C=C\CCCCCCCCCC/C=C\CCCC(O)(C[N+](C)(C)C)P(=O)(O)O. The van der Waals surface area contributed by atoms with E-state index in [9.17, 15) is 19.5 Å². The van der Waals surface area contributed by atoms with Crippen LogP contribution in [0.25, 0.3) is 0 Å². The molecule has 0 aromatic carbocycles. The van der Waals surface area contributed by atoms with Gasteiger partial charge in [-0.2, -0.15) is 0 Å². The first-order chi connectivity index (χ1) is 16.5. The Kier molecular flexibility index (Phi) is 20.3. The van der Waals surface area contributed by atoms with Gasteiger partial charge in [0.25, 0.3) is 0 Å². The average Bonchev–Trinajstić information content (AvgIpc) is 2.75. The normalized spacial score (nSPS) is 14.8. The van der Waals surface area contributed by atoms with E-state index in [0.29, 0.717) is 10.9 Å². The Bertz CT molecular complexity index is 594. The predicted molar refractivity (Wildman–Crippen MR) is 152 cm³/mol. The van der Waals surface area contributed by atoms with E-state index in [1.165, 1.54) is 96.3 Å². The van der Waals surface area contributed by atoms with E-state index < -0.39 is 12.9 Å². The lowest BCUT2D eigenvalue weighted by atomic mass is 10.1. The van der Waals surface area contributed by atoms with Crippen LogP contribution in [0.15, 0.2) is 24.3 Å². The Morgan fingerprint density at radius 3 is 1.31 bits per heavy atom. The number of hydrogen-bond donors (Lipinski definition) is 3. The van der Waals surface area contributed by atoms with E-state index >= 15 is 0 Å². The zero-order valence-corrected chi connectivity index (χ0v) is 24.5. The van der Waals surface area contributed by atoms with Crippen LogP contribution < -0.4 is 0 Å². The highest BCUT2D eigenvalue weighted by molar-refractivity contribution is 7.53. The van der Waals surface area contributed by atoms with Crippen molar-refractivity contribution in [3.63, 3.8) is 0 Å². The molecule has 5 nitrogen and oxygen atoms in total.